The molecule has 2 rings (SSSR count). The number of carboxylic acid groups (broad SMARTS) is 1. The molecule has 0 spiro atoms. The zero-order valence-corrected chi connectivity index (χ0v) is 10.3. The van der Waals surface area contributed by atoms with Gasteiger partial charge in [0.2, 0.25) is 5.76 Å². The van der Waals surface area contributed by atoms with Gasteiger partial charge < -0.3 is 14.5 Å². The highest BCUT2D eigenvalue weighted by Gasteiger charge is 2.19. The summed E-state index contributed by atoms with van der Waals surface area (Å²) in [6.45, 7) is 0.450. The highest BCUT2D eigenvalue weighted by Crippen LogP contribution is 2.13. The number of hydrogen-bond acceptors (Lipinski definition) is 5. The zero-order chi connectivity index (χ0) is 13.1. The Labute approximate surface area is 106 Å². The number of carboxylic acids is 1. The van der Waals surface area contributed by atoms with E-state index in [1.165, 1.54) is 4.90 Å². The van der Waals surface area contributed by atoms with Gasteiger partial charge in [-0.1, -0.05) is 11.2 Å². The fourth-order valence-corrected chi connectivity index (χ4v) is 2.14. The van der Waals surface area contributed by atoms with Crippen molar-refractivity contribution in [2.45, 2.75) is 6.54 Å². The van der Waals surface area contributed by atoms with Crippen LogP contribution < -0.4 is 0 Å². The molecule has 0 aliphatic heterocycles. The summed E-state index contributed by atoms with van der Waals surface area (Å²) in [7, 11) is 1.62. The van der Waals surface area contributed by atoms with E-state index in [-0.39, 0.29) is 17.4 Å². The first kappa shape index (κ1) is 12.3. The number of thiophene rings is 1. The first-order valence-electron chi connectivity index (χ1n) is 5.06. The molecule has 6 nitrogen and oxygen atoms in total. The maximum Gasteiger partial charge on any atom is 0.374 e. The fraction of sp³-hybridized carbons (Fsp3) is 0.182. The second kappa shape index (κ2) is 5.01. The van der Waals surface area contributed by atoms with Gasteiger partial charge in [-0.25, -0.2) is 4.79 Å². The number of hydrogen-bond donors (Lipinski definition) is 1. The highest BCUT2D eigenvalue weighted by molar-refractivity contribution is 7.09. The van der Waals surface area contributed by atoms with Crippen LogP contribution in [0, 0.1) is 0 Å². The monoisotopic (exact) mass is 266 g/mol. The van der Waals surface area contributed by atoms with E-state index in [4.69, 9.17) is 5.11 Å². The van der Waals surface area contributed by atoms with Crippen LogP contribution in [0.1, 0.15) is 25.9 Å². The summed E-state index contributed by atoms with van der Waals surface area (Å²) in [4.78, 5) is 25.0. The van der Waals surface area contributed by atoms with Crippen molar-refractivity contribution in [1.29, 1.82) is 0 Å². The molecule has 1 amide bonds. The minimum atomic E-state index is -1.25. The van der Waals surface area contributed by atoms with Gasteiger partial charge in [-0.15, -0.1) is 11.3 Å². The van der Waals surface area contributed by atoms with Gasteiger partial charge in [0.25, 0.3) is 5.91 Å². The molecule has 0 saturated heterocycles. The molecule has 0 bridgehead atoms. The molecule has 0 fully saturated rings. The van der Waals surface area contributed by atoms with Crippen LogP contribution in [0.5, 0.6) is 0 Å². The van der Waals surface area contributed by atoms with E-state index in [1.54, 1.807) is 18.4 Å². The molecule has 0 aliphatic carbocycles. The molecule has 0 aromatic carbocycles. The first-order chi connectivity index (χ1) is 8.58. The van der Waals surface area contributed by atoms with Crippen LogP contribution in [0.3, 0.4) is 0 Å². The van der Waals surface area contributed by atoms with Crippen LogP contribution in [0.4, 0.5) is 0 Å². The van der Waals surface area contributed by atoms with Gasteiger partial charge in [0.05, 0.1) is 6.54 Å². The maximum absolute atomic E-state index is 11.9. The quantitative estimate of drug-likeness (QED) is 0.910. The number of rotatable bonds is 4. The average molecular weight is 266 g/mol. The van der Waals surface area contributed by atoms with Crippen molar-refractivity contribution < 1.29 is 19.2 Å². The summed E-state index contributed by atoms with van der Waals surface area (Å²) in [5.41, 5.74) is -0.00791. The van der Waals surface area contributed by atoms with Crippen molar-refractivity contribution in [1.82, 2.24) is 10.1 Å². The van der Waals surface area contributed by atoms with Crippen molar-refractivity contribution in [2.75, 3.05) is 7.05 Å². The standard InChI is InChI=1S/C11H10N2O4S/c1-13(6-7-3-2-4-18-7)10(14)8-5-9(11(15)16)17-12-8/h2-5H,6H2,1H3,(H,15,16). The lowest BCUT2D eigenvalue weighted by Gasteiger charge is -2.13. The predicted octanol–water partition coefficient (Wildman–Crippen LogP) is 1.71. The number of nitrogens with zero attached hydrogens (tertiary/aromatic N) is 2. The van der Waals surface area contributed by atoms with Crippen molar-refractivity contribution >= 4 is 23.2 Å². The molecule has 2 aromatic heterocycles. The molecular weight excluding hydrogens is 256 g/mol. The minimum absolute atomic E-state index is 0.00791. The van der Waals surface area contributed by atoms with E-state index >= 15 is 0 Å². The summed E-state index contributed by atoms with van der Waals surface area (Å²) in [5.74, 6) is -1.97. The van der Waals surface area contributed by atoms with Crippen LogP contribution in [0.2, 0.25) is 0 Å². The van der Waals surface area contributed by atoms with Crippen molar-refractivity contribution in [2.24, 2.45) is 0 Å². The Kier molecular flexibility index (Phi) is 3.42. The lowest BCUT2D eigenvalue weighted by Crippen LogP contribution is -2.26. The van der Waals surface area contributed by atoms with Crippen LogP contribution in [0.15, 0.2) is 28.1 Å². The van der Waals surface area contributed by atoms with E-state index in [1.807, 2.05) is 17.5 Å². The Bertz CT molecular complexity index is 561. The van der Waals surface area contributed by atoms with Gasteiger partial charge in [-0.2, -0.15) is 0 Å². The Morgan fingerprint density at radius 2 is 2.33 bits per heavy atom. The third kappa shape index (κ3) is 2.57. The van der Waals surface area contributed by atoms with Gasteiger partial charge in [-0.05, 0) is 11.4 Å². The highest BCUT2D eigenvalue weighted by atomic mass is 32.1. The normalized spacial score (nSPS) is 10.3. The zero-order valence-electron chi connectivity index (χ0n) is 9.49. The van der Waals surface area contributed by atoms with Crippen LogP contribution in [0.25, 0.3) is 0 Å². The third-order valence-electron chi connectivity index (χ3n) is 2.26. The van der Waals surface area contributed by atoms with Crippen LogP contribution in [-0.2, 0) is 6.54 Å². The number of amides is 1. The van der Waals surface area contributed by atoms with Gasteiger partial charge in [-0.3, -0.25) is 4.79 Å². The van der Waals surface area contributed by atoms with Crippen molar-refractivity contribution in [3.05, 3.63) is 39.9 Å². The number of carbonyl (C=O) groups is 2. The molecular formula is C11H10N2O4S. The third-order valence-corrected chi connectivity index (χ3v) is 3.12. The summed E-state index contributed by atoms with van der Waals surface area (Å²) >= 11 is 1.54. The Balaban J connectivity index is 2.08. The minimum Gasteiger partial charge on any atom is -0.475 e. The lowest BCUT2D eigenvalue weighted by molar-refractivity contribution is 0.0649. The molecule has 0 saturated carbocycles. The fourth-order valence-electron chi connectivity index (χ4n) is 1.38. The molecule has 2 heterocycles. The van der Waals surface area contributed by atoms with E-state index in [9.17, 15) is 9.59 Å². The second-order valence-electron chi connectivity index (χ2n) is 3.62. The number of aromatic nitrogens is 1. The smallest absolute Gasteiger partial charge is 0.374 e. The average Bonchev–Trinajstić information content (AvgIpc) is 2.98. The molecule has 0 radical (unpaired) electrons. The van der Waals surface area contributed by atoms with Crippen LogP contribution in [-0.4, -0.2) is 34.1 Å². The predicted molar refractivity (Wildman–Crippen MR) is 63.6 cm³/mol. The van der Waals surface area contributed by atoms with Gasteiger partial charge >= 0.3 is 5.97 Å². The van der Waals surface area contributed by atoms with Gasteiger partial charge in [0.1, 0.15) is 0 Å². The van der Waals surface area contributed by atoms with Gasteiger partial charge in [0.15, 0.2) is 5.69 Å². The van der Waals surface area contributed by atoms with E-state index in [0.717, 1.165) is 10.9 Å². The summed E-state index contributed by atoms with van der Waals surface area (Å²) < 4.78 is 4.54. The maximum atomic E-state index is 11.9. The molecule has 0 unspecified atom stereocenters. The summed E-state index contributed by atoms with van der Waals surface area (Å²) in [5, 5.41) is 14.0. The largest absolute Gasteiger partial charge is 0.475 e. The SMILES string of the molecule is CN(Cc1cccs1)C(=O)c1cc(C(=O)O)on1. The molecule has 0 atom stereocenters. The number of aromatic carboxylic acids is 1. The van der Waals surface area contributed by atoms with Gasteiger partial charge in [0, 0.05) is 18.0 Å². The van der Waals surface area contributed by atoms with Crippen LogP contribution >= 0.6 is 11.3 Å². The Morgan fingerprint density at radius 1 is 1.56 bits per heavy atom. The number of carbonyl (C=O) groups excluding carboxylic acids is 1. The van der Waals surface area contributed by atoms with E-state index < -0.39 is 5.97 Å². The Hall–Kier alpha value is -2.15. The second-order valence-corrected chi connectivity index (χ2v) is 4.65. The molecule has 18 heavy (non-hydrogen) atoms. The van der Waals surface area contributed by atoms with Crippen molar-refractivity contribution in [3.8, 4) is 0 Å². The molecule has 2 aromatic rings. The Morgan fingerprint density at radius 3 is 2.89 bits per heavy atom. The first-order valence-corrected chi connectivity index (χ1v) is 5.93. The van der Waals surface area contributed by atoms with E-state index in [2.05, 4.69) is 9.68 Å². The lowest BCUT2D eigenvalue weighted by atomic mass is 10.3. The molecule has 94 valence electrons. The van der Waals surface area contributed by atoms with E-state index in [0.29, 0.717) is 6.54 Å². The topological polar surface area (TPSA) is 83.6 Å². The summed E-state index contributed by atoms with van der Waals surface area (Å²) in [6.07, 6.45) is 0. The summed E-state index contributed by atoms with van der Waals surface area (Å²) in [6, 6.07) is 4.94. The molecule has 1 N–H and O–H groups in total. The molecule has 0 aliphatic rings. The molecule has 7 heteroatoms. The van der Waals surface area contributed by atoms with Crippen molar-refractivity contribution in [3.63, 3.8) is 0 Å².